The molecule has 128 valence electrons. The minimum atomic E-state index is 0. The molecule has 22 heavy (non-hydrogen) atoms. The third-order valence-electron chi connectivity index (χ3n) is 2.79. The Morgan fingerprint density at radius 2 is 1.27 bits per heavy atom. The zero-order chi connectivity index (χ0) is 14.9. The maximum atomic E-state index is 11.0. The van der Waals surface area contributed by atoms with Crippen LogP contribution in [0.25, 0.3) is 0 Å². The molecule has 0 spiro atoms. The average Bonchev–Trinajstić information content (AvgIpc) is 2.35. The van der Waals surface area contributed by atoms with Gasteiger partial charge in [0.05, 0.1) is 0 Å². The van der Waals surface area contributed by atoms with Gasteiger partial charge in [-0.2, -0.15) is 12.5 Å². The van der Waals surface area contributed by atoms with Crippen LogP contribution in [0.5, 0.6) is 0 Å². The summed E-state index contributed by atoms with van der Waals surface area (Å²) in [5, 5.41) is 0. The first kappa shape index (κ1) is 38.7. The molecule has 0 aliphatic rings. The molecule has 0 heterocycles. The van der Waals surface area contributed by atoms with Crippen molar-refractivity contribution in [2.24, 2.45) is 17.8 Å². The van der Waals surface area contributed by atoms with Gasteiger partial charge < -0.3 is 30.9 Å². The van der Waals surface area contributed by atoms with E-state index in [9.17, 15) is 9.59 Å². The molecule has 0 aromatic heterocycles. The second-order valence-electron chi connectivity index (χ2n) is 5.07. The van der Waals surface area contributed by atoms with Gasteiger partial charge in [0.2, 0.25) is 0 Å². The van der Waals surface area contributed by atoms with Crippen LogP contribution in [0.3, 0.4) is 0 Å². The van der Waals surface area contributed by atoms with Gasteiger partial charge in [0.25, 0.3) is 0 Å². The smallest absolute Gasteiger partial charge is 0.108 e. The molecular formula is C18H34O2Y2-4. The fraction of sp³-hybridized carbons (Fsp3) is 0.611. The predicted molar refractivity (Wildman–Crippen MR) is 89.8 cm³/mol. The Balaban J connectivity index is -0.0000000492. The maximum Gasteiger partial charge on any atom is 0.108 e. The quantitative estimate of drug-likeness (QED) is 0.430. The summed E-state index contributed by atoms with van der Waals surface area (Å²) in [5.74, 6) is 0.939. The van der Waals surface area contributed by atoms with E-state index in [-0.39, 0.29) is 104 Å². The molecule has 2 radical (unpaired) electrons. The van der Waals surface area contributed by atoms with Gasteiger partial charge >= 0.3 is 0 Å². The third-order valence-corrected chi connectivity index (χ3v) is 2.79. The number of Topliss-reactive ketones (excluding diaryl/α,β-unsaturated/α-hetero) is 2. The molecule has 0 N–H and O–H groups in total. The van der Waals surface area contributed by atoms with Crippen molar-refractivity contribution in [2.45, 2.75) is 55.4 Å². The first-order valence-corrected chi connectivity index (χ1v) is 6.57. The van der Waals surface area contributed by atoms with E-state index in [1.807, 2.05) is 48.0 Å². The number of rotatable bonds is 5. The van der Waals surface area contributed by atoms with Crippen molar-refractivity contribution in [2.75, 3.05) is 0 Å². The monoisotopic (exact) mass is 460 g/mol. The van der Waals surface area contributed by atoms with Gasteiger partial charge in [0.15, 0.2) is 0 Å². The normalized spacial score (nSPS) is 10.7. The molecule has 0 saturated carbocycles. The Labute approximate surface area is 190 Å². The topological polar surface area (TPSA) is 34.1 Å². The van der Waals surface area contributed by atoms with Gasteiger partial charge in [-0.15, -0.1) is 12.8 Å². The van der Waals surface area contributed by atoms with E-state index in [1.165, 1.54) is 0 Å². The molecule has 0 fully saturated rings. The second kappa shape index (κ2) is 22.3. The largest absolute Gasteiger partial charge is 0.406 e. The van der Waals surface area contributed by atoms with E-state index in [2.05, 4.69) is 6.08 Å². The number of allylic oxidation sites excluding steroid dienone is 2. The van der Waals surface area contributed by atoms with Crippen LogP contribution in [0.15, 0.2) is 5.57 Å². The molecule has 0 amide bonds. The van der Waals surface area contributed by atoms with Crippen molar-refractivity contribution in [1.82, 2.24) is 0 Å². The van der Waals surface area contributed by atoms with Crippen molar-refractivity contribution < 1.29 is 75.0 Å². The van der Waals surface area contributed by atoms with Crippen LogP contribution in [-0.4, -0.2) is 11.6 Å². The number of carbonyl (C=O) groups excluding carboxylic acids is 2. The van der Waals surface area contributed by atoms with Crippen molar-refractivity contribution in [3.05, 3.63) is 32.9 Å². The first-order valence-electron chi connectivity index (χ1n) is 6.57. The van der Waals surface area contributed by atoms with Crippen molar-refractivity contribution >= 4 is 11.6 Å². The fourth-order valence-corrected chi connectivity index (χ4v) is 1.25. The summed E-state index contributed by atoms with van der Waals surface area (Å²) < 4.78 is 0. The van der Waals surface area contributed by atoms with Crippen molar-refractivity contribution in [3.63, 3.8) is 0 Å². The average molecular weight is 460 g/mol. The van der Waals surface area contributed by atoms with Crippen LogP contribution < -0.4 is 0 Å². The molecule has 1 atom stereocenters. The Hall–Kier alpha value is 1.29. The molecule has 1 unspecified atom stereocenters. The Bertz CT molecular complexity index is 295. The molecule has 0 aliphatic heterocycles. The predicted octanol–water partition coefficient (Wildman–Crippen LogP) is 4.95. The van der Waals surface area contributed by atoms with Crippen LogP contribution in [0.2, 0.25) is 0 Å². The van der Waals surface area contributed by atoms with Crippen molar-refractivity contribution in [1.29, 1.82) is 0 Å². The number of carbonyl (C=O) groups is 2. The van der Waals surface area contributed by atoms with E-state index < -0.39 is 0 Å². The molecule has 0 rings (SSSR count). The summed E-state index contributed by atoms with van der Waals surface area (Å²) in [7, 11) is 0. The number of hydrogen-bond donors (Lipinski definition) is 0. The van der Waals surface area contributed by atoms with Gasteiger partial charge in [-0.1, -0.05) is 47.5 Å². The molecule has 0 bridgehead atoms. The summed E-state index contributed by atoms with van der Waals surface area (Å²) in [4.78, 5) is 22.0. The third kappa shape index (κ3) is 19.3. The van der Waals surface area contributed by atoms with E-state index in [0.717, 1.165) is 5.57 Å². The van der Waals surface area contributed by atoms with E-state index >= 15 is 0 Å². The molecule has 0 aliphatic carbocycles. The molecular weight excluding hydrogens is 426 g/mol. The SMILES string of the molecule is C[C-]=C(C)C(=O)C(C)C.C[CH-]C(C)C(=O)C(C)C.[CH3-].[CH3-].[Y].[Y]. The molecule has 4 heteroatoms. The minimum absolute atomic E-state index is 0. The second-order valence-corrected chi connectivity index (χ2v) is 5.07. The molecule has 0 aromatic carbocycles. The van der Waals surface area contributed by atoms with Crippen LogP contribution >= 0.6 is 0 Å². The molecule has 0 aromatic rings. The Kier molecular flexibility index (Phi) is 39.2. The van der Waals surface area contributed by atoms with Crippen molar-refractivity contribution in [3.8, 4) is 0 Å². The van der Waals surface area contributed by atoms with Gasteiger partial charge in [0, 0.05) is 77.1 Å². The number of ketones is 2. The zero-order valence-corrected chi connectivity index (χ0v) is 22.0. The summed E-state index contributed by atoms with van der Waals surface area (Å²) >= 11 is 0. The number of hydrogen-bond acceptors (Lipinski definition) is 2. The van der Waals surface area contributed by atoms with Crippen LogP contribution in [0.1, 0.15) is 55.4 Å². The van der Waals surface area contributed by atoms with Gasteiger partial charge in [-0.3, -0.25) is 6.08 Å². The summed E-state index contributed by atoms with van der Waals surface area (Å²) in [5.41, 5.74) is 0.741. The van der Waals surface area contributed by atoms with Crippen LogP contribution in [-0.2, 0) is 75.0 Å². The first-order chi connectivity index (χ1) is 8.18. The molecule has 0 saturated heterocycles. The minimum Gasteiger partial charge on any atom is -0.406 e. The van der Waals surface area contributed by atoms with E-state index in [1.54, 1.807) is 13.8 Å². The van der Waals surface area contributed by atoms with Gasteiger partial charge in [-0.25, -0.2) is 0 Å². The van der Waals surface area contributed by atoms with Gasteiger partial charge in [0.1, 0.15) is 5.78 Å². The van der Waals surface area contributed by atoms with E-state index in [4.69, 9.17) is 0 Å². The summed E-state index contributed by atoms with van der Waals surface area (Å²) in [6.07, 6.45) is 4.75. The standard InChI is InChI=1S/C8H15O.C8H13O.2CH3.2Y/c2*1-5-7(4)8(9)6(2)3;;;;/h5-7H,1-4H3;6H,1-4H3;2*1H3;;/q4*-1;;. The summed E-state index contributed by atoms with van der Waals surface area (Å²) in [6.45, 7) is 15.1. The van der Waals surface area contributed by atoms with E-state index in [0.29, 0.717) is 5.78 Å². The zero-order valence-electron chi connectivity index (χ0n) is 16.3. The fourth-order valence-electron chi connectivity index (χ4n) is 1.25. The van der Waals surface area contributed by atoms with Crippen LogP contribution in [0, 0.1) is 45.1 Å². The Morgan fingerprint density at radius 1 is 0.909 bits per heavy atom. The Morgan fingerprint density at radius 3 is 1.36 bits per heavy atom. The molecule has 2 nitrogen and oxygen atoms in total. The maximum absolute atomic E-state index is 11.0. The summed E-state index contributed by atoms with van der Waals surface area (Å²) in [6, 6.07) is 0. The van der Waals surface area contributed by atoms with Crippen LogP contribution in [0.4, 0.5) is 0 Å². The van der Waals surface area contributed by atoms with Gasteiger partial charge in [-0.05, 0) is 0 Å².